The molecule has 4 rings (SSSR count). The quantitative estimate of drug-likeness (QED) is 0.463. The van der Waals surface area contributed by atoms with Crippen LogP contribution in [0.25, 0.3) is 0 Å². The molecule has 0 spiro atoms. The predicted octanol–water partition coefficient (Wildman–Crippen LogP) is 7.82. The second kappa shape index (κ2) is 7.32. The summed E-state index contributed by atoms with van der Waals surface area (Å²) >= 11 is 0. The van der Waals surface area contributed by atoms with E-state index in [2.05, 4.69) is 73.1 Å². The number of hydrogen-bond acceptors (Lipinski definition) is 0. The lowest BCUT2D eigenvalue weighted by Crippen LogP contribution is -2.54. The number of fused-ring (bicyclic) bond motifs is 2. The fourth-order valence-electron chi connectivity index (χ4n) is 8.26. The minimum absolute atomic E-state index is 0.415. The molecule has 0 amide bonds. The molecule has 0 N–H and O–H groups in total. The normalized spacial score (nSPS) is 39.7. The highest BCUT2D eigenvalue weighted by molar-refractivity contribution is 8.33. The Bertz CT molecular complexity index is 773. The summed E-state index contributed by atoms with van der Waals surface area (Å²) in [6, 6.07) is 5.33. The molecule has 0 aliphatic heterocycles. The Labute approximate surface area is 183 Å². The Hall–Kier alpha value is -0.430. The molecule has 7 unspecified atom stereocenters. The van der Waals surface area contributed by atoms with E-state index in [-0.39, 0.29) is 0 Å². The van der Waals surface area contributed by atoms with Crippen LogP contribution in [-0.2, 0) is 19.3 Å². The van der Waals surface area contributed by atoms with Crippen LogP contribution in [0, 0.1) is 35.0 Å². The molecule has 0 saturated heterocycles. The smallest absolute Gasteiger partial charge is 0.0166 e. The van der Waals surface area contributed by atoms with E-state index in [9.17, 15) is 0 Å². The molecule has 0 nitrogen and oxygen atoms in total. The fraction of sp³-hybridized carbons (Fsp3) is 0.786. The van der Waals surface area contributed by atoms with Gasteiger partial charge in [0.25, 0.3) is 0 Å². The Balaban J connectivity index is 1.81. The maximum Gasteiger partial charge on any atom is 0.0166 e. The Kier molecular flexibility index (Phi) is 5.50. The molecule has 0 heterocycles. The van der Waals surface area contributed by atoms with Crippen molar-refractivity contribution < 1.29 is 0 Å². The first kappa shape index (κ1) is 21.8. The molecular formula is C28H46S. The Morgan fingerprint density at radius 2 is 1.41 bits per heavy atom. The summed E-state index contributed by atoms with van der Waals surface area (Å²) < 4.78 is 0. The molecule has 3 aliphatic carbocycles. The van der Waals surface area contributed by atoms with E-state index < -0.39 is 10.0 Å². The van der Waals surface area contributed by atoms with Crippen LogP contribution in [0.3, 0.4) is 0 Å². The lowest BCUT2D eigenvalue weighted by Gasteiger charge is -2.64. The van der Waals surface area contributed by atoms with Crippen LogP contribution in [0.2, 0.25) is 0 Å². The minimum Gasteiger partial charge on any atom is -0.236 e. The van der Waals surface area contributed by atoms with E-state index in [0.717, 1.165) is 40.1 Å². The van der Waals surface area contributed by atoms with Gasteiger partial charge in [-0.3, -0.25) is 0 Å². The van der Waals surface area contributed by atoms with E-state index in [1.807, 2.05) is 0 Å². The summed E-state index contributed by atoms with van der Waals surface area (Å²) in [7, 11) is -0.811. The van der Waals surface area contributed by atoms with E-state index >= 15 is 0 Å². The third-order valence-corrected chi connectivity index (χ3v) is 14.6. The summed E-state index contributed by atoms with van der Waals surface area (Å²) in [5.41, 5.74) is 7.26. The van der Waals surface area contributed by atoms with E-state index in [0.29, 0.717) is 5.41 Å². The standard InChI is InChI=1S/C28H46S/c1-17-13-14-24-15-22-11-10-12-23(22)16-25(24)26(17)29(8,9)27-20(4)18(2)19(3)21(5)28(27,6)7/h15-21,26-27H,10-14H2,1-9H3. The van der Waals surface area contributed by atoms with Gasteiger partial charge in [0.15, 0.2) is 0 Å². The topological polar surface area (TPSA) is 0 Å². The van der Waals surface area contributed by atoms with E-state index in [4.69, 9.17) is 0 Å². The highest BCUT2D eigenvalue weighted by Crippen LogP contribution is 2.72. The van der Waals surface area contributed by atoms with Gasteiger partial charge in [0.2, 0.25) is 0 Å². The first-order chi connectivity index (χ1) is 13.5. The number of rotatable bonds is 2. The maximum atomic E-state index is 2.73. The van der Waals surface area contributed by atoms with Crippen LogP contribution >= 0.6 is 10.0 Å². The van der Waals surface area contributed by atoms with Crippen molar-refractivity contribution in [2.24, 2.45) is 35.0 Å². The van der Waals surface area contributed by atoms with Gasteiger partial charge < -0.3 is 0 Å². The van der Waals surface area contributed by atoms with E-state index in [1.54, 1.807) is 22.3 Å². The second-order valence-corrected chi connectivity index (χ2v) is 16.2. The Morgan fingerprint density at radius 1 is 0.793 bits per heavy atom. The summed E-state index contributed by atoms with van der Waals surface area (Å²) in [5, 5.41) is 1.61. The summed E-state index contributed by atoms with van der Waals surface area (Å²) in [6.07, 6.45) is 12.2. The van der Waals surface area contributed by atoms with Crippen molar-refractivity contribution in [3.05, 3.63) is 34.4 Å². The zero-order valence-electron chi connectivity index (χ0n) is 20.6. The molecule has 7 atom stereocenters. The van der Waals surface area contributed by atoms with Gasteiger partial charge in [0, 0.05) is 5.25 Å². The molecule has 3 aliphatic rings. The molecule has 1 aromatic rings. The van der Waals surface area contributed by atoms with Crippen LogP contribution in [0.15, 0.2) is 12.1 Å². The van der Waals surface area contributed by atoms with Gasteiger partial charge in [-0.05, 0) is 107 Å². The van der Waals surface area contributed by atoms with Gasteiger partial charge in [-0.15, -0.1) is 0 Å². The van der Waals surface area contributed by atoms with Crippen molar-refractivity contribution in [2.45, 2.75) is 91.1 Å². The van der Waals surface area contributed by atoms with Crippen molar-refractivity contribution in [1.29, 1.82) is 0 Å². The molecule has 164 valence electrons. The van der Waals surface area contributed by atoms with Crippen molar-refractivity contribution in [2.75, 3.05) is 12.5 Å². The first-order valence-corrected chi connectivity index (χ1v) is 14.9. The van der Waals surface area contributed by atoms with Gasteiger partial charge in [-0.1, -0.05) is 60.6 Å². The lowest BCUT2D eigenvalue weighted by molar-refractivity contribution is 0.0241. The van der Waals surface area contributed by atoms with Crippen molar-refractivity contribution >= 4 is 10.0 Å². The van der Waals surface area contributed by atoms with Crippen molar-refractivity contribution in [3.63, 3.8) is 0 Å². The third-order valence-electron chi connectivity index (χ3n) is 10.2. The maximum absolute atomic E-state index is 2.73. The summed E-state index contributed by atoms with van der Waals surface area (Å²) in [5.74, 6) is 4.08. The number of benzene rings is 1. The fourth-order valence-corrected chi connectivity index (χ4v) is 13.9. The number of hydrogen-bond donors (Lipinski definition) is 0. The predicted molar refractivity (Wildman–Crippen MR) is 132 cm³/mol. The molecule has 0 aromatic heterocycles. The van der Waals surface area contributed by atoms with E-state index in [1.165, 1.54) is 32.1 Å². The van der Waals surface area contributed by atoms with Gasteiger partial charge in [0.05, 0.1) is 0 Å². The van der Waals surface area contributed by atoms with Gasteiger partial charge in [0.1, 0.15) is 0 Å². The zero-order chi connectivity index (χ0) is 21.3. The van der Waals surface area contributed by atoms with Gasteiger partial charge >= 0.3 is 0 Å². The average molecular weight is 415 g/mol. The van der Waals surface area contributed by atoms with Crippen molar-refractivity contribution in [3.8, 4) is 0 Å². The summed E-state index contributed by atoms with van der Waals surface area (Å²) in [4.78, 5) is 0. The molecular weight excluding hydrogens is 368 g/mol. The molecule has 1 aromatic carbocycles. The summed E-state index contributed by atoms with van der Waals surface area (Å²) in [6.45, 7) is 18.0. The average Bonchev–Trinajstić information content (AvgIpc) is 3.09. The molecule has 1 heteroatoms. The largest absolute Gasteiger partial charge is 0.236 e. The second-order valence-electron chi connectivity index (χ2n) is 12.2. The van der Waals surface area contributed by atoms with Crippen molar-refractivity contribution in [1.82, 2.24) is 0 Å². The molecule has 1 fully saturated rings. The van der Waals surface area contributed by atoms with Crippen LogP contribution in [0.1, 0.15) is 88.8 Å². The third kappa shape index (κ3) is 3.24. The van der Waals surface area contributed by atoms with Crippen LogP contribution in [-0.4, -0.2) is 17.8 Å². The van der Waals surface area contributed by atoms with Crippen LogP contribution in [0.5, 0.6) is 0 Å². The lowest BCUT2D eigenvalue weighted by atomic mass is 9.57. The van der Waals surface area contributed by atoms with Crippen LogP contribution < -0.4 is 0 Å². The highest BCUT2D eigenvalue weighted by atomic mass is 32.3. The molecule has 1 saturated carbocycles. The molecule has 0 radical (unpaired) electrons. The van der Waals surface area contributed by atoms with Gasteiger partial charge in [-0.25, -0.2) is 10.0 Å². The molecule has 29 heavy (non-hydrogen) atoms. The first-order valence-electron chi connectivity index (χ1n) is 12.3. The SMILES string of the molecule is CC1CCc2cc3c(cc2C1S(C)(C)C1C(C)C(C)C(C)C(C)C1(C)C)CCC3. The monoisotopic (exact) mass is 414 g/mol. The van der Waals surface area contributed by atoms with Crippen LogP contribution in [0.4, 0.5) is 0 Å². The zero-order valence-corrected chi connectivity index (χ0v) is 21.5. The Morgan fingerprint density at radius 3 is 2.07 bits per heavy atom. The van der Waals surface area contributed by atoms with Gasteiger partial charge in [-0.2, -0.15) is 0 Å². The minimum atomic E-state index is -0.811. The highest BCUT2D eigenvalue weighted by Gasteiger charge is 2.54. The molecule has 0 bridgehead atoms. The number of aryl methyl sites for hydroxylation is 3.